The molecule has 9 nitrogen and oxygen atoms in total. The Morgan fingerprint density at radius 2 is 1.55 bits per heavy atom. The summed E-state index contributed by atoms with van der Waals surface area (Å²) in [6, 6.07) is 7.92. The lowest BCUT2D eigenvalue weighted by atomic mass is 9.90. The fraction of sp³-hybridized carbons (Fsp3) is 0.524. The molecule has 0 fully saturated rings. The van der Waals surface area contributed by atoms with E-state index in [0.717, 1.165) is 0 Å². The third kappa shape index (κ3) is 7.14. The molecule has 10 heteroatoms. The summed E-state index contributed by atoms with van der Waals surface area (Å²) in [4.78, 5) is 38.7. The molecule has 1 aromatic carbocycles. The maximum atomic E-state index is 13.1. The van der Waals surface area contributed by atoms with Gasteiger partial charge in [-0.15, -0.1) is 0 Å². The number of ether oxygens (including phenoxy) is 3. The number of carbonyl (C=O) groups excluding carboxylic acids is 3. The van der Waals surface area contributed by atoms with E-state index >= 15 is 0 Å². The van der Waals surface area contributed by atoms with E-state index < -0.39 is 34.9 Å². The molecule has 1 atom stereocenters. The minimum Gasteiger partial charge on any atom is -0.463 e. The van der Waals surface area contributed by atoms with Crippen LogP contribution in [-0.4, -0.2) is 41.0 Å². The van der Waals surface area contributed by atoms with Crippen LogP contribution in [0.2, 0.25) is 0 Å². The van der Waals surface area contributed by atoms with Crippen LogP contribution in [0.25, 0.3) is 0 Å². The Morgan fingerprint density at radius 3 is 1.97 bits per heavy atom. The molecule has 1 unspecified atom stereocenters. The second-order valence-corrected chi connectivity index (χ2v) is 9.39. The molecule has 1 N–H and O–H groups in total. The Labute approximate surface area is 190 Å². The van der Waals surface area contributed by atoms with Gasteiger partial charge in [0.1, 0.15) is 17.3 Å². The summed E-state index contributed by atoms with van der Waals surface area (Å²) < 4.78 is 16.4. The van der Waals surface area contributed by atoms with Crippen molar-refractivity contribution in [3.8, 4) is 6.07 Å². The molecule has 0 spiro atoms. The molecule has 2 amide bonds. The van der Waals surface area contributed by atoms with E-state index in [4.69, 9.17) is 14.2 Å². The quantitative estimate of drug-likeness (QED) is 0.371. The zero-order valence-corrected chi connectivity index (χ0v) is 20.3. The van der Waals surface area contributed by atoms with E-state index in [9.17, 15) is 19.6 Å². The fourth-order valence-electron chi connectivity index (χ4n) is 2.39. The first-order valence-electron chi connectivity index (χ1n) is 9.53. The van der Waals surface area contributed by atoms with Gasteiger partial charge in [0.2, 0.25) is 0 Å². The van der Waals surface area contributed by atoms with Crippen LogP contribution in [-0.2, 0) is 24.5 Å². The largest absolute Gasteiger partial charge is 0.463 e. The topological polar surface area (TPSA) is 118 Å². The van der Waals surface area contributed by atoms with Crippen molar-refractivity contribution in [2.75, 3.05) is 6.61 Å². The van der Waals surface area contributed by atoms with E-state index in [1.54, 1.807) is 60.6 Å². The maximum Gasteiger partial charge on any atom is 0.431 e. The first kappa shape index (κ1) is 26.2. The molecule has 0 aliphatic heterocycles. The average molecular weight is 498 g/mol. The highest BCUT2D eigenvalue weighted by Gasteiger charge is 2.53. The Kier molecular flexibility index (Phi) is 8.47. The van der Waals surface area contributed by atoms with Crippen molar-refractivity contribution >= 4 is 34.1 Å². The van der Waals surface area contributed by atoms with Crippen LogP contribution in [0.4, 0.5) is 9.59 Å². The standard InChI is InChI=1S/C21H28BrN3O6/c1-8-29-16(26)21(13-23,14-9-11-15(22)12-10-14)25(18(28)31-20(5,6)7)24-17(27)30-19(2,3)4/h9-12H,8H2,1-7H3,(H,24,27). The maximum absolute atomic E-state index is 13.1. The molecule has 0 heterocycles. The second-order valence-electron chi connectivity index (χ2n) is 8.48. The fourth-order valence-corrected chi connectivity index (χ4v) is 2.66. The van der Waals surface area contributed by atoms with Crippen LogP contribution in [0.5, 0.6) is 0 Å². The van der Waals surface area contributed by atoms with Gasteiger partial charge in [0.15, 0.2) is 0 Å². The molecule has 0 bridgehead atoms. The van der Waals surface area contributed by atoms with Crippen molar-refractivity contribution in [3.63, 3.8) is 0 Å². The summed E-state index contributed by atoms with van der Waals surface area (Å²) in [6.45, 7) is 11.2. The Balaban J connectivity index is 3.67. The number of halogens is 1. The van der Waals surface area contributed by atoms with Gasteiger partial charge in [0, 0.05) is 10.0 Å². The van der Waals surface area contributed by atoms with Crippen molar-refractivity contribution in [1.29, 1.82) is 5.26 Å². The van der Waals surface area contributed by atoms with Crippen LogP contribution in [0, 0.1) is 11.3 Å². The first-order chi connectivity index (χ1) is 14.2. The molecule has 0 radical (unpaired) electrons. The number of hydrazine groups is 1. The van der Waals surface area contributed by atoms with Gasteiger partial charge in [-0.05, 0) is 60.6 Å². The summed E-state index contributed by atoms with van der Waals surface area (Å²) in [5.74, 6) is -1.07. The molecule has 170 valence electrons. The predicted octanol–water partition coefficient (Wildman–Crippen LogP) is 4.41. The minimum absolute atomic E-state index is 0.0621. The number of benzene rings is 1. The first-order valence-corrected chi connectivity index (χ1v) is 10.3. The lowest BCUT2D eigenvalue weighted by Crippen LogP contribution is -2.62. The van der Waals surface area contributed by atoms with Crippen LogP contribution < -0.4 is 5.43 Å². The van der Waals surface area contributed by atoms with Crippen molar-refractivity contribution in [2.24, 2.45) is 0 Å². The van der Waals surface area contributed by atoms with Gasteiger partial charge in [0.25, 0.3) is 5.54 Å². The second kappa shape index (κ2) is 10.0. The third-order valence-corrected chi connectivity index (χ3v) is 4.04. The van der Waals surface area contributed by atoms with Gasteiger partial charge in [-0.1, -0.05) is 28.1 Å². The monoisotopic (exact) mass is 497 g/mol. The zero-order chi connectivity index (χ0) is 24.0. The van der Waals surface area contributed by atoms with Crippen molar-refractivity contribution in [2.45, 2.75) is 65.2 Å². The van der Waals surface area contributed by atoms with Crippen LogP contribution in [0.15, 0.2) is 28.7 Å². The number of hydrogen-bond acceptors (Lipinski definition) is 7. The minimum atomic E-state index is -2.38. The molecule has 1 aromatic rings. The number of carbonyl (C=O) groups is 3. The SMILES string of the molecule is CCOC(=O)C(C#N)(c1ccc(Br)cc1)N(NC(=O)OC(C)(C)C)C(=O)OC(C)(C)C. The van der Waals surface area contributed by atoms with Crippen molar-refractivity contribution in [3.05, 3.63) is 34.3 Å². The van der Waals surface area contributed by atoms with Gasteiger partial charge in [0.05, 0.1) is 6.61 Å². The zero-order valence-electron chi connectivity index (χ0n) is 18.7. The number of nitrogens with one attached hydrogen (secondary N) is 1. The van der Waals surface area contributed by atoms with Gasteiger partial charge < -0.3 is 14.2 Å². The van der Waals surface area contributed by atoms with Gasteiger partial charge in [-0.3, -0.25) is 0 Å². The van der Waals surface area contributed by atoms with Crippen molar-refractivity contribution < 1.29 is 28.6 Å². The Hall–Kier alpha value is -2.80. The third-order valence-electron chi connectivity index (χ3n) is 3.51. The molecular formula is C21H28BrN3O6. The summed E-state index contributed by atoms with van der Waals surface area (Å²) in [5, 5.41) is 10.7. The van der Waals surface area contributed by atoms with Crippen LogP contribution in [0.3, 0.4) is 0 Å². The number of nitriles is 1. The highest BCUT2D eigenvalue weighted by atomic mass is 79.9. The summed E-state index contributed by atoms with van der Waals surface area (Å²) in [7, 11) is 0. The van der Waals surface area contributed by atoms with E-state index in [1.165, 1.54) is 12.1 Å². The number of esters is 1. The van der Waals surface area contributed by atoms with E-state index in [0.29, 0.717) is 9.48 Å². The van der Waals surface area contributed by atoms with Crippen molar-refractivity contribution in [1.82, 2.24) is 10.4 Å². The molecule has 0 saturated heterocycles. The van der Waals surface area contributed by atoms with E-state index in [1.807, 2.05) is 6.07 Å². The number of rotatable bonds is 4. The average Bonchev–Trinajstić information content (AvgIpc) is 2.60. The van der Waals surface area contributed by atoms with E-state index in [2.05, 4.69) is 21.4 Å². The van der Waals surface area contributed by atoms with Crippen LogP contribution in [0.1, 0.15) is 54.0 Å². The van der Waals surface area contributed by atoms with Gasteiger partial charge >= 0.3 is 18.2 Å². The van der Waals surface area contributed by atoms with Crippen LogP contribution >= 0.6 is 15.9 Å². The van der Waals surface area contributed by atoms with Gasteiger partial charge in [-0.2, -0.15) is 10.3 Å². The molecule has 1 rings (SSSR count). The summed E-state index contributed by atoms with van der Waals surface area (Å²) >= 11 is 3.29. The highest BCUT2D eigenvalue weighted by Crippen LogP contribution is 2.31. The Bertz CT molecular complexity index is 852. The molecule has 0 aromatic heterocycles. The normalized spacial score (nSPS) is 13.3. The number of nitrogens with zero attached hydrogens (tertiary/aromatic N) is 2. The number of amides is 2. The molecular weight excluding hydrogens is 470 g/mol. The number of hydrogen-bond donors (Lipinski definition) is 1. The van der Waals surface area contributed by atoms with Gasteiger partial charge in [-0.25, -0.2) is 19.8 Å². The molecule has 31 heavy (non-hydrogen) atoms. The molecule has 0 aliphatic carbocycles. The summed E-state index contributed by atoms with van der Waals surface area (Å²) in [5.41, 5.74) is -1.98. The molecule has 0 saturated carbocycles. The lowest BCUT2D eigenvalue weighted by molar-refractivity contribution is -0.156. The molecule has 0 aliphatic rings. The highest BCUT2D eigenvalue weighted by molar-refractivity contribution is 9.10. The predicted molar refractivity (Wildman–Crippen MR) is 116 cm³/mol. The smallest absolute Gasteiger partial charge is 0.431 e. The Morgan fingerprint density at radius 1 is 1.03 bits per heavy atom. The van der Waals surface area contributed by atoms with E-state index in [-0.39, 0.29) is 12.2 Å². The lowest BCUT2D eigenvalue weighted by Gasteiger charge is -2.37. The summed E-state index contributed by atoms with van der Waals surface area (Å²) in [6.07, 6.45) is -2.20.